The predicted octanol–water partition coefficient (Wildman–Crippen LogP) is 7.92. The van der Waals surface area contributed by atoms with E-state index >= 15 is 0 Å². The summed E-state index contributed by atoms with van der Waals surface area (Å²) < 4.78 is 11.2. The summed E-state index contributed by atoms with van der Waals surface area (Å²) in [6.45, 7) is 3.64. The zero-order valence-electron chi connectivity index (χ0n) is 34.6. The van der Waals surface area contributed by atoms with E-state index < -0.39 is 61.5 Å². The number of aliphatic hydroxyl groups excluding tert-OH is 6. The highest BCUT2D eigenvalue weighted by molar-refractivity contribution is 5.80. The topological polar surface area (TPSA) is 169 Å². The summed E-state index contributed by atoms with van der Waals surface area (Å²) in [5.74, 6) is -0.600. The minimum absolute atomic E-state index is 0.259. The number of ether oxygens (including phenoxy) is 2. The van der Waals surface area contributed by atoms with Gasteiger partial charge in [-0.2, -0.15) is 0 Å². The molecule has 7 N–H and O–H groups in total. The Labute approximate surface area is 329 Å². The summed E-state index contributed by atoms with van der Waals surface area (Å²) in [4.78, 5) is 13.0. The SMILES string of the molecule is CCCCCCCC/C=C\CCCCC(O)C(=O)NC(COC1OC(CO)C(O)C(O)C1O)C(O)CCCCCCCCCCCCCCCCCCC. The quantitative estimate of drug-likeness (QED) is 0.0245. The van der Waals surface area contributed by atoms with Crippen LogP contribution in [0.15, 0.2) is 12.2 Å². The number of hydrogen-bond acceptors (Lipinski definition) is 9. The molecule has 1 amide bonds. The van der Waals surface area contributed by atoms with Crippen molar-refractivity contribution in [3.8, 4) is 0 Å². The van der Waals surface area contributed by atoms with Crippen LogP contribution in [0, 0.1) is 0 Å². The Morgan fingerprint density at radius 2 is 1.04 bits per heavy atom. The lowest BCUT2D eigenvalue weighted by Crippen LogP contribution is -2.60. The van der Waals surface area contributed by atoms with E-state index in [1.807, 2.05) is 0 Å². The van der Waals surface area contributed by atoms with Gasteiger partial charge in [0.25, 0.3) is 0 Å². The maximum absolute atomic E-state index is 13.0. The molecule has 0 aromatic heterocycles. The van der Waals surface area contributed by atoms with Gasteiger partial charge in [-0.05, 0) is 38.5 Å². The first-order valence-corrected chi connectivity index (χ1v) is 22.5. The van der Waals surface area contributed by atoms with Gasteiger partial charge in [0.05, 0.1) is 25.4 Å². The van der Waals surface area contributed by atoms with Crippen LogP contribution in [-0.4, -0.2) is 98.7 Å². The second-order valence-corrected chi connectivity index (χ2v) is 16.0. The number of carbonyl (C=O) groups excluding carboxylic acids is 1. The third-order valence-corrected chi connectivity index (χ3v) is 11.0. The Kier molecular flexibility index (Phi) is 33.1. The molecule has 1 rings (SSSR count). The second-order valence-electron chi connectivity index (χ2n) is 16.0. The molecule has 0 aromatic rings. The van der Waals surface area contributed by atoms with E-state index in [9.17, 15) is 35.4 Å². The number of unbranched alkanes of at least 4 members (excludes halogenated alkanes) is 24. The Morgan fingerprint density at radius 1 is 0.611 bits per heavy atom. The van der Waals surface area contributed by atoms with Crippen LogP contribution in [0.1, 0.15) is 200 Å². The summed E-state index contributed by atoms with van der Waals surface area (Å²) >= 11 is 0. The Hall–Kier alpha value is -1.11. The first-order chi connectivity index (χ1) is 26.3. The Balaban J connectivity index is 2.41. The first-order valence-electron chi connectivity index (χ1n) is 22.5. The van der Waals surface area contributed by atoms with Crippen molar-refractivity contribution in [2.75, 3.05) is 13.2 Å². The molecular weight excluding hydrogens is 686 g/mol. The van der Waals surface area contributed by atoms with Crippen molar-refractivity contribution in [1.82, 2.24) is 5.32 Å². The van der Waals surface area contributed by atoms with Gasteiger partial charge in [-0.15, -0.1) is 0 Å². The van der Waals surface area contributed by atoms with Gasteiger partial charge in [0, 0.05) is 0 Å². The molecule has 8 unspecified atom stereocenters. The number of amides is 1. The number of nitrogens with one attached hydrogen (secondary N) is 1. The van der Waals surface area contributed by atoms with Crippen LogP contribution in [0.25, 0.3) is 0 Å². The molecule has 0 radical (unpaired) electrons. The van der Waals surface area contributed by atoms with Gasteiger partial charge in [-0.3, -0.25) is 4.79 Å². The van der Waals surface area contributed by atoms with Crippen LogP contribution in [0.2, 0.25) is 0 Å². The summed E-state index contributed by atoms with van der Waals surface area (Å²) in [6.07, 6.45) is 28.3. The molecule has 0 bridgehead atoms. The summed E-state index contributed by atoms with van der Waals surface area (Å²) in [5, 5.41) is 64.7. The van der Waals surface area contributed by atoms with E-state index in [-0.39, 0.29) is 6.61 Å². The molecule has 0 aliphatic carbocycles. The third kappa shape index (κ3) is 25.2. The van der Waals surface area contributed by atoms with Crippen LogP contribution in [0.3, 0.4) is 0 Å². The van der Waals surface area contributed by atoms with Gasteiger partial charge in [-0.25, -0.2) is 0 Å². The zero-order valence-corrected chi connectivity index (χ0v) is 34.6. The predicted molar refractivity (Wildman–Crippen MR) is 218 cm³/mol. The fraction of sp³-hybridized carbons (Fsp3) is 0.932. The molecule has 1 heterocycles. The minimum atomic E-state index is -1.60. The van der Waals surface area contributed by atoms with Gasteiger partial charge in [-0.1, -0.05) is 174 Å². The number of rotatable bonds is 37. The molecule has 1 aliphatic rings. The second kappa shape index (κ2) is 35.1. The molecule has 320 valence electrons. The van der Waals surface area contributed by atoms with E-state index in [0.29, 0.717) is 19.3 Å². The molecule has 0 aromatic carbocycles. The van der Waals surface area contributed by atoms with Crippen LogP contribution >= 0.6 is 0 Å². The smallest absolute Gasteiger partial charge is 0.249 e. The average Bonchev–Trinajstić information content (AvgIpc) is 3.17. The van der Waals surface area contributed by atoms with Crippen LogP contribution in [0.4, 0.5) is 0 Å². The maximum atomic E-state index is 13.0. The molecular formula is C44H85NO9. The van der Waals surface area contributed by atoms with Crippen LogP contribution in [0.5, 0.6) is 0 Å². The fourth-order valence-electron chi connectivity index (χ4n) is 7.22. The third-order valence-electron chi connectivity index (χ3n) is 11.0. The van der Waals surface area contributed by atoms with Gasteiger partial charge in [0.2, 0.25) is 5.91 Å². The first kappa shape index (κ1) is 50.9. The lowest BCUT2D eigenvalue weighted by molar-refractivity contribution is -0.302. The van der Waals surface area contributed by atoms with Crippen LogP contribution < -0.4 is 5.32 Å². The minimum Gasteiger partial charge on any atom is -0.394 e. The maximum Gasteiger partial charge on any atom is 0.249 e. The largest absolute Gasteiger partial charge is 0.394 e. The van der Waals surface area contributed by atoms with Crippen molar-refractivity contribution in [3.63, 3.8) is 0 Å². The van der Waals surface area contributed by atoms with Crippen LogP contribution in [-0.2, 0) is 14.3 Å². The number of allylic oxidation sites excluding steroid dienone is 2. The summed E-state index contributed by atoms with van der Waals surface area (Å²) in [5.41, 5.74) is 0. The Morgan fingerprint density at radius 3 is 1.52 bits per heavy atom. The lowest BCUT2D eigenvalue weighted by atomic mass is 9.99. The van der Waals surface area contributed by atoms with E-state index in [4.69, 9.17) is 9.47 Å². The van der Waals surface area contributed by atoms with E-state index in [2.05, 4.69) is 31.3 Å². The summed E-state index contributed by atoms with van der Waals surface area (Å²) in [7, 11) is 0. The van der Waals surface area contributed by atoms with Gasteiger partial charge >= 0.3 is 0 Å². The molecule has 54 heavy (non-hydrogen) atoms. The fourth-order valence-corrected chi connectivity index (χ4v) is 7.22. The molecule has 0 spiro atoms. The average molecular weight is 772 g/mol. The highest BCUT2D eigenvalue weighted by Crippen LogP contribution is 2.23. The molecule has 1 aliphatic heterocycles. The van der Waals surface area contributed by atoms with Crippen molar-refractivity contribution < 1.29 is 44.9 Å². The molecule has 8 atom stereocenters. The highest BCUT2D eigenvalue weighted by atomic mass is 16.7. The van der Waals surface area contributed by atoms with Crippen molar-refractivity contribution in [1.29, 1.82) is 0 Å². The van der Waals surface area contributed by atoms with Gasteiger partial charge < -0.3 is 45.4 Å². The van der Waals surface area contributed by atoms with Crippen molar-refractivity contribution in [2.24, 2.45) is 0 Å². The normalized spacial score (nSPS) is 22.1. The van der Waals surface area contributed by atoms with Crippen molar-refractivity contribution in [3.05, 3.63) is 12.2 Å². The van der Waals surface area contributed by atoms with Crippen molar-refractivity contribution in [2.45, 2.75) is 249 Å². The van der Waals surface area contributed by atoms with E-state index in [1.54, 1.807) is 0 Å². The monoisotopic (exact) mass is 772 g/mol. The number of hydrogen-bond donors (Lipinski definition) is 7. The summed E-state index contributed by atoms with van der Waals surface area (Å²) in [6, 6.07) is -0.898. The van der Waals surface area contributed by atoms with E-state index in [1.165, 1.54) is 122 Å². The standard InChI is InChI=1S/C44H85NO9/c1-3-5-7-9-11-13-15-17-18-19-20-21-23-24-26-28-30-32-37(47)36(35-53-44-42(51)41(50)40(49)39(34-46)54-44)45-43(52)38(48)33-31-29-27-25-22-16-14-12-10-8-6-4-2/h22,25,36-42,44,46-51H,3-21,23-24,26-35H2,1-2H3,(H,45,52)/b25-22-. The zero-order chi connectivity index (χ0) is 39.7. The number of carbonyl (C=O) groups is 1. The highest BCUT2D eigenvalue weighted by Gasteiger charge is 2.44. The molecule has 1 saturated heterocycles. The van der Waals surface area contributed by atoms with Crippen molar-refractivity contribution >= 4 is 5.91 Å². The molecule has 10 nitrogen and oxygen atoms in total. The van der Waals surface area contributed by atoms with E-state index in [0.717, 1.165) is 44.9 Å². The Bertz CT molecular complexity index is 875. The number of aliphatic hydroxyl groups is 6. The lowest BCUT2D eigenvalue weighted by Gasteiger charge is -2.40. The van der Waals surface area contributed by atoms with Gasteiger partial charge in [0.15, 0.2) is 6.29 Å². The molecule has 10 heteroatoms. The molecule has 0 saturated carbocycles. The van der Waals surface area contributed by atoms with Gasteiger partial charge in [0.1, 0.15) is 30.5 Å². The molecule has 1 fully saturated rings.